The van der Waals surface area contributed by atoms with Gasteiger partial charge in [-0.05, 0) is 31.9 Å². The lowest BCUT2D eigenvalue weighted by atomic mass is 10.1. The molecular weight excluding hydrogens is 226 g/mol. The smallest absolute Gasteiger partial charge is 0.306 e. The molecule has 0 unspecified atom stereocenters. The van der Waals surface area contributed by atoms with E-state index in [9.17, 15) is 4.79 Å². The molecular formula is C15H19NO2. The van der Waals surface area contributed by atoms with Crippen molar-refractivity contribution < 1.29 is 9.53 Å². The molecule has 1 aromatic heterocycles. The summed E-state index contributed by atoms with van der Waals surface area (Å²) in [6, 6.07) is 8.24. The summed E-state index contributed by atoms with van der Waals surface area (Å²) in [5.41, 5.74) is 2.40. The SMILES string of the molecule is CC(C)OC(=O)CCc1cn(C)c2ccccc12. The van der Waals surface area contributed by atoms with E-state index >= 15 is 0 Å². The molecule has 2 rings (SSSR count). The number of nitrogens with zero attached hydrogens (tertiary/aromatic N) is 1. The zero-order chi connectivity index (χ0) is 13.1. The molecule has 96 valence electrons. The first-order chi connectivity index (χ1) is 8.58. The van der Waals surface area contributed by atoms with Crippen molar-refractivity contribution in [3.8, 4) is 0 Å². The summed E-state index contributed by atoms with van der Waals surface area (Å²) >= 11 is 0. The minimum absolute atomic E-state index is 0.0370. The van der Waals surface area contributed by atoms with Crippen molar-refractivity contribution in [3.63, 3.8) is 0 Å². The van der Waals surface area contributed by atoms with Crippen LogP contribution in [0.2, 0.25) is 0 Å². The van der Waals surface area contributed by atoms with Crippen LogP contribution in [0.4, 0.5) is 0 Å². The van der Waals surface area contributed by atoms with Gasteiger partial charge in [0, 0.05) is 30.6 Å². The molecule has 1 heterocycles. The maximum atomic E-state index is 11.5. The van der Waals surface area contributed by atoms with Gasteiger partial charge in [-0.15, -0.1) is 0 Å². The molecule has 3 nitrogen and oxygen atoms in total. The predicted molar refractivity (Wildman–Crippen MR) is 72.5 cm³/mol. The summed E-state index contributed by atoms with van der Waals surface area (Å²) in [6.07, 6.45) is 3.22. The van der Waals surface area contributed by atoms with Crippen LogP contribution in [-0.4, -0.2) is 16.6 Å². The van der Waals surface area contributed by atoms with Crippen molar-refractivity contribution in [3.05, 3.63) is 36.0 Å². The minimum Gasteiger partial charge on any atom is -0.463 e. The van der Waals surface area contributed by atoms with E-state index in [2.05, 4.69) is 22.9 Å². The third-order valence-corrected chi connectivity index (χ3v) is 2.95. The molecule has 0 aliphatic heterocycles. The highest BCUT2D eigenvalue weighted by Gasteiger charge is 2.10. The highest BCUT2D eigenvalue weighted by molar-refractivity contribution is 5.84. The fourth-order valence-electron chi connectivity index (χ4n) is 2.18. The van der Waals surface area contributed by atoms with Gasteiger partial charge >= 0.3 is 5.97 Å². The third kappa shape index (κ3) is 2.73. The Bertz CT molecular complexity index is 555. The van der Waals surface area contributed by atoms with E-state index in [1.54, 1.807) is 0 Å². The Morgan fingerprint density at radius 3 is 2.78 bits per heavy atom. The monoisotopic (exact) mass is 245 g/mol. The van der Waals surface area contributed by atoms with Crippen LogP contribution < -0.4 is 0 Å². The molecule has 0 bridgehead atoms. The molecule has 0 amide bonds. The molecule has 0 saturated heterocycles. The summed E-state index contributed by atoms with van der Waals surface area (Å²) in [7, 11) is 2.03. The number of benzene rings is 1. The summed E-state index contributed by atoms with van der Waals surface area (Å²) in [6.45, 7) is 3.74. The van der Waals surface area contributed by atoms with E-state index in [4.69, 9.17) is 4.74 Å². The van der Waals surface area contributed by atoms with Gasteiger partial charge in [-0.3, -0.25) is 4.79 Å². The third-order valence-electron chi connectivity index (χ3n) is 2.95. The summed E-state index contributed by atoms with van der Waals surface area (Å²) < 4.78 is 7.24. The lowest BCUT2D eigenvalue weighted by Crippen LogP contribution is -2.11. The molecule has 0 spiro atoms. The lowest BCUT2D eigenvalue weighted by Gasteiger charge is -2.07. The van der Waals surface area contributed by atoms with E-state index in [1.807, 2.05) is 33.0 Å². The van der Waals surface area contributed by atoms with Gasteiger partial charge in [0.25, 0.3) is 0 Å². The number of fused-ring (bicyclic) bond motifs is 1. The quantitative estimate of drug-likeness (QED) is 0.775. The van der Waals surface area contributed by atoms with E-state index in [0.29, 0.717) is 6.42 Å². The van der Waals surface area contributed by atoms with Crippen LogP contribution in [0.3, 0.4) is 0 Å². The Balaban J connectivity index is 2.10. The molecule has 0 fully saturated rings. The molecule has 0 aliphatic rings. The number of carbonyl (C=O) groups is 1. The maximum Gasteiger partial charge on any atom is 0.306 e. The Morgan fingerprint density at radius 2 is 2.06 bits per heavy atom. The standard InChI is InChI=1S/C15H19NO2/c1-11(2)18-15(17)9-8-12-10-16(3)14-7-5-4-6-13(12)14/h4-7,10-11H,8-9H2,1-3H3. The Hall–Kier alpha value is -1.77. The van der Waals surface area contributed by atoms with Crippen LogP contribution >= 0.6 is 0 Å². The van der Waals surface area contributed by atoms with E-state index < -0.39 is 0 Å². The van der Waals surface area contributed by atoms with Gasteiger partial charge < -0.3 is 9.30 Å². The van der Waals surface area contributed by atoms with Crippen molar-refractivity contribution in [2.75, 3.05) is 0 Å². The second kappa shape index (κ2) is 5.25. The topological polar surface area (TPSA) is 31.2 Å². The zero-order valence-electron chi connectivity index (χ0n) is 11.1. The van der Waals surface area contributed by atoms with Crippen LogP contribution in [0.5, 0.6) is 0 Å². The maximum absolute atomic E-state index is 11.5. The molecule has 3 heteroatoms. The van der Waals surface area contributed by atoms with Crippen molar-refractivity contribution in [2.45, 2.75) is 32.8 Å². The Labute approximate surface area is 107 Å². The van der Waals surface area contributed by atoms with Crippen LogP contribution in [0.1, 0.15) is 25.8 Å². The fourth-order valence-corrected chi connectivity index (χ4v) is 2.18. The Morgan fingerprint density at radius 1 is 1.33 bits per heavy atom. The van der Waals surface area contributed by atoms with Crippen molar-refractivity contribution in [1.29, 1.82) is 0 Å². The Kier molecular flexibility index (Phi) is 3.70. The molecule has 2 aromatic rings. The van der Waals surface area contributed by atoms with Crippen LogP contribution in [-0.2, 0) is 23.0 Å². The number of rotatable bonds is 4. The second-order valence-corrected chi connectivity index (χ2v) is 4.82. The summed E-state index contributed by atoms with van der Waals surface area (Å²) in [4.78, 5) is 11.5. The highest BCUT2D eigenvalue weighted by atomic mass is 16.5. The van der Waals surface area contributed by atoms with E-state index in [1.165, 1.54) is 16.5 Å². The normalized spacial score (nSPS) is 11.1. The number of para-hydroxylation sites is 1. The average molecular weight is 245 g/mol. The molecule has 1 aromatic carbocycles. The lowest BCUT2D eigenvalue weighted by molar-refractivity contribution is -0.147. The number of hydrogen-bond donors (Lipinski definition) is 0. The van der Waals surface area contributed by atoms with Crippen molar-refractivity contribution >= 4 is 16.9 Å². The summed E-state index contributed by atoms with van der Waals surface area (Å²) in [5.74, 6) is -0.127. The molecule has 0 N–H and O–H groups in total. The fraction of sp³-hybridized carbons (Fsp3) is 0.400. The molecule has 0 radical (unpaired) electrons. The van der Waals surface area contributed by atoms with Gasteiger partial charge in [-0.2, -0.15) is 0 Å². The zero-order valence-corrected chi connectivity index (χ0v) is 11.1. The van der Waals surface area contributed by atoms with Gasteiger partial charge in [-0.25, -0.2) is 0 Å². The number of ether oxygens (including phenoxy) is 1. The van der Waals surface area contributed by atoms with Crippen LogP contribution in [0.15, 0.2) is 30.5 Å². The number of aromatic nitrogens is 1. The number of esters is 1. The van der Waals surface area contributed by atoms with Gasteiger partial charge in [0.2, 0.25) is 0 Å². The average Bonchev–Trinajstić information content (AvgIpc) is 2.64. The largest absolute Gasteiger partial charge is 0.463 e. The number of aryl methyl sites for hydroxylation is 2. The predicted octanol–water partition coefficient (Wildman–Crippen LogP) is 3.06. The molecule has 0 atom stereocenters. The van der Waals surface area contributed by atoms with Crippen molar-refractivity contribution in [2.24, 2.45) is 7.05 Å². The minimum atomic E-state index is -0.127. The van der Waals surface area contributed by atoms with Gasteiger partial charge in [0.1, 0.15) is 0 Å². The first-order valence-corrected chi connectivity index (χ1v) is 6.30. The molecule has 0 saturated carbocycles. The molecule has 18 heavy (non-hydrogen) atoms. The van der Waals surface area contributed by atoms with Crippen LogP contribution in [0.25, 0.3) is 10.9 Å². The first kappa shape index (κ1) is 12.7. The second-order valence-electron chi connectivity index (χ2n) is 4.82. The number of carbonyl (C=O) groups excluding carboxylic acids is 1. The van der Waals surface area contributed by atoms with E-state index in [-0.39, 0.29) is 12.1 Å². The highest BCUT2D eigenvalue weighted by Crippen LogP contribution is 2.21. The van der Waals surface area contributed by atoms with Gasteiger partial charge in [0.15, 0.2) is 0 Å². The number of hydrogen-bond acceptors (Lipinski definition) is 2. The molecule has 0 aliphatic carbocycles. The first-order valence-electron chi connectivity index (χ1n) is 6.30. The van der Waals surface area contributed by atoms with E-state index in [0.717, 1.165) is 6.42 Å². The van der Waals surface area contributed by atoms with Crippen LogP contribution in [0, 0.1) is 0 Å². The van der Waals surface area contributed by atoms with Gasteiger partial charge in [-0.1, -0.05) is 18.2 Å². The van der Waals surface area contributed by atoms with Gasteiger partial charge in [0.05, 0.1) is 6.10 Å². The van der Waals surface area contributed by atoms with Crippen molar-refractivity contribution in [1.82, 2.24) is 4.57 Å². The summed E-state index contributed by atoms with van der Waals surface area (Å²) in [5, 5.41) is 1.22.